The van der Waals surface area contributed by atoms with Crippen LogP contribution in [0.5, 0.6) is 0 Å². The normalized spacial score (nSPS) is 13.9. The SMILES string of the molecule is CCNC(CCc1ccc(C)cc1)C(C)c1ccncc1. The summed E-state index contributed by atoms with van der Waals surface area (Å²) >= 11 is 0. The highest BCUT2D eigenvalue weighted by Crippen LogP contribution is 2.22. The molecule has 0 aliphatic rings. The fraction of sp³-hybridized carbons (Fsp3) is 0.421. The van der Waals surface area contributed by atoms with E-state index in [1.165, 1.54) is 16.7 Å². The maximum absolute atomic E-state index is 4.11. The summed E-state index contributed by atoms with van der Waals surface area (Å²) in [6.07, 6.45) is 6.04. The molecule has 0 aliphatic carbocycles. The van der Waals surface area contributed by atoms with Crippen LogP contribution in [-0.4, -0.2) is 17.6 Å². The molecule has 0 spiro atoms. The predicted molar refractivity (Wildman–Crippen MR) is 89.6 cm³/mol. The van der Waals surface area contributed by atoms with Gasteiger partial charge in [0, 0.05) is 18.4 Å². The molecule has 1 heterocycles. The minimum atomic E-state index is 0.499. The molecule has 2 aromatic rings. The van der Waals surface area contributed by atoms with E-state index in [9.17, 15) is 0 Å². The van der Waals surface area contributed by atoms with Crippen LogP contribution in [0, 0.1) is 6.92 Å². The van der Waals surface area contributed by atoms with Crippen LogP contribution < -0.4 is 5.32 Å². The number of rotatable bonds is 7. The van der Waals surface area contributed by atoms with Crippen LogP contribution in [-0.2, 0) is 6.42 Å². The molecular weight excluding hydrogens is 256 g/mol. The summed E-state index contributed by atoms with van der Waals surface area (Å²) in [4.78, 5) is 4.11. The van der Waals surface area contributed by atoms with Gasteiger partial charge < -0.3 is 5.32 Å². The Hall–Kier alpha value is -1.67. The third kappa shape index (κ3) is 4.68. The summed E-state index contributed by atoms with van der Waals surface area (Å²) in [7, 11) is 0. The number of benzene rings is 1. The molecule has 1 N–H and O–H groups in total. The molecule has 0 saturated heterocycles. The minimum absolute atomic E-state index is 0.499. The second-order valence-corrected chi connectivity index (χ2v) is 5.76. The summed E-state index contributed by atoms with van der Waals surface area (Å²) < 4.78 is 0. The Kier molecular flexibility index (Phi) is 5.94. The molecule has 1 aromatic heterocycles. The second kappa shape index (κ2) is 7.94. The lowest BCUT2D eigenvalue weighted by atomic mass is 9.89. The third-order valence-corrected chi connectivity index (χ3v) is 4.17. The number of aryl methyl sites for hydroxylation is 2. The van der Waals surface area contributed by atoms with E-state index in [2.05, 4.69) is 67.5 Å². The van der Waals surface area contributed by atoms with Gasteiger partial charge in [0.2, 0.25) is 0 Å². The summed E-state index contributed by atoms with van der Waals surface area (Å²) in [6, 6.07) is 13.6. The monoisotopic (exact) mass is 282 g/mol. The Bertz CT molecular complexity index is 519. The molecule has 2 nitrogen and oxygen atoms in total. The predicted octanol–water partition coefficient (Wildman–Crippen LogP) is 4.10. The Morgan fingerprint density at radius 3 is 2.33 bits per heavy atom. The summed E-state index contributed by atoms with van der Waals surface area (Å²) in [5, 5.41) is 3.64. The number of hydrogen-bond acceptors (Lipinski definition) is 2. The molecule has 1 aromatic carbocycles. The van der Waals surface area contributed by atoms with Gasteiger partial charge in [0.05, 0.1) is 0 Å². The van der Waals surface area contributed by atoms with E-state index in [1.54, 1.807) is 0 Å². The van der Waals surface area contributed by atoms with Crippen LogP contribution in [0.3, 0.4) is 0 Å². The summed E-state index contributed by atoms with van der Waals surface area (Å²) in [5.74, 6) is 0.499. The Balaban J connectivity index is 2.00. The highest BCUT2D eigenvalue weighted by molar-refractivity contribution is 5.22. The van der Waals surface area contributed by atoms with E-state index in [0.717, 1.165) is 19.4 Å². The average molecular weight is 282 g/mol. The van der Waals surface area contributed by atoms with Gasteiger partial charge >= 0.3 is 0 Å². The van der Waals surface area contributed by atoms with E-state index < -0.39 is 0 Å². The molecule has 2 rings (SSSR count). The number of pyridine rings is 1. The van der Waals surface area contributed by atoms with E-state index >= 15 is 0 Å². The van der Waals surface area contributed by atoms with Crippen molar-refractivity contribution >= 4 is 0 Å². The first-order chi connectivity index (χ1) is 10.2. The molecule has 2 unspecified atom stereocenters. The topological polar surface area (TPSA) is 24.9 Å². The van der Waals surface area contributed by atoms with Gasteiger partial charge in [-0.05, 0) is 55.5 Å². The number of nitrogens with zero attached hydrogens (tertiary/aromatic N) is 1. The number of nitrogens with one attached hydrogen (secondary N) is 1. The van der Waals surface area contributed by atoms with E-state index in [0.29, 0.717) is 12.0 Å². The van der Waals surface area contributed by atoms with Crippen molar-refractivity contribution in [3.05, 3.63) is 65.5 Å². The Morgan fingerprint density at radius 2 is 1.71 bits per heavy atom. The van der Waals surface area contributed by atoms with Gasteiger partial charge in [-0.3, -0.25) is 4.98 Å². The number of aromatic nitrogens is 1. The van der Waals surface area contributed by atoms with Gasteiger partial charge in [-0.25, -0.2) is 0 Å². The highest BCUT2D eigenvalue weighted by atomic mass is 14.9. The van der Waals surface area contributed by atoms with Crippen molar-refractivity contribution in [2.45, 2.75) is 45.6 Å². The van der Waals surface area contributed by atoms with E-state index in [-0.39, 0.29) is 0 Å². The van der Waals surface area contributed by atoms with Gasteiger partial charge in [-0.1, -0.05) is 43.7 Å². The lowest BCUT2D eigenvalue weighted by Gasteiger charge is -2.25. The van der Waals surface area contributed by atoms with Crippen molar-refractivity contribution < 1.29 is 0 Å². The van der Waals surface area contributed by atoms with Gasteiger partial charge in [-0.2, -0.15) is 0 Å². The number of hydrogen-bond donors (Lipinski definition) is 1. The lowest BCUT2D eigenvalue weighted by Crippen LogP contribution is -2.34. The van der Waals surface area contributed by atoms with Crippen LogP contribution >= 0.6 is 0 Å². The molecule has 0 radical (unpaired) electrons. The molecule has 21 heavy (non-hydrogen) atoms. The van der Waals surface area contributed by atoms with Crippen molar-refractivity contribution in [2.75, 3.05) is 6.54 Å². The fourth-order valence-corrected chi connectivity index (χ4v) is 2.77. The lowest BCUT2D eigenvalue weighted by molar-refractivity contribution is 0.433. The molecule has 112 valence electrons. The fourth-order valence-electron chi connectivity index (χ4n) is 2.77. The molecule has 2 atom stereocenters. The quantitative estimate of drug-likeness (QED) is 0.827. The van der Waals surface area contributed by atoms with Gasteiger partial charge in [0.1, 0.15) is 0 Å². The van der Waals surface area contributed by atoms with Crippen LogP contribution in [0.2, 0.25) is 0 Å². The smallest absolute Gasteiger partial charge is 0.0270 e. The maximum Gasteiger partial charge on any atom is 0.0270 e. The maximum atomic E-state index is 4.11. The van der Waals surface area contributed by atoms with Gasteiger partial charge in [-0.15, -0.1) is 0 Å². The minimum Gasteiger partial charge on any atom is -0.314 e. The summed E-state index contributed by atoms with van der Waals surface area (Å²) in [6.45, 7) is 7.63. The van der Waals surface area contributed by atoms with Crippen molar-refractivity contribution in [2.24, 2.45) is 0 Å². The van der Waals surface area contributed by atoms with E-state index in [4.69, 9.17) is 0 Å². The van der Waals surface area contributed by atoms with Crippen molar-refractivity contribution in [1.82, 2.24) is 10.3 Å². The highest BCUT2D eigenvalue weighted by Gasteiger charge is 2.17. The molecule has 2 heteroatoms. The second-order valence-electron chi connectivity index (χ2n) is 5.76. The molecule has 0 fully saturated rings. The molecule has 0 saturated carbocycles. The Morgan fingerprint density at radius 1 is 1.05 bits per heavy atom. The molecular formula is C19H26N2. The average Bonchev–Trinajstić information content (AvgIpc) is 2.53. The van der Waals surface area contributed by atoms with Crippen molar-refractivity contribution in [3.8, 4) is 0 Å². The van der Waals surface area contributed by atoms with Crippen molar-refractivity contribution in [1.29, 1.82) is 0 Å². The number of likely N-dealkylation sites (N-methyl/N-ethyl adjacent to an activating group) is 1. The van der Waals surface area contributed by atoms with Crippen molar-refractivity contribution in [3.63, 3.8) is 0 Å². The first-order valence-electron chi connectivity index (χ1n) is 7.89. The van der Waals surface area contributed by atoms with Crippen LogP contribution in [0.25, 0.3) is 0 Å². The molecule has 0 amide bonds. The van der Waals surface area contributed by atoms with Crippen LogP contribution in [0.4, 0.5) is 0 Å². The first-order valence-corrected chi connectivity index (χ1v) is 7.89. The first kappa shape index (κ1) is 15.7. The zero-order chi connectivity index (χ0) is 15.1. The van der Waals surface area contributed by atoms with Gasteiger partial charge in [0.15, 0.2) is 0 Å². The zero-order valence-electron chi connectivity index (χ0n) is 13.3. The molecule has 0 aliphatic heterocycles. The third-order valence-electron chi connectivity index (χ3n) is 4.17. The Labute approximate surface area is 128 Å². The van der Waals surface area contributed by atoms with Gasteiger partial charge in [0.25, 0.3) is 0 Å². The molecule has 0 bridgehead atoms. The summed E-state index contributed by atoms with van der Waals surface area (Å²) in [5.41, 5.74) is 4.11. The standard InChI is InChI=1S/C19H26N2/c1-4-21-19(16(3)18-11-13-20-14-12-18)10-9-17-7-5-15(2)6-8-17/h5-8,11-14,16,19,21H,4,9-10H2,1-3H3. The zero-order valence-corrected chi connectivity index (χ0v) is 13.3. The largest absolute Gasteiger partial charge is 0.314 e. The van der Waals surface area contributed by atoms with Crippen LogP contribution in [0.15, 0.2) is 48.8 Å². The van der Waals surface area contributed by atoms with Crippen LogP contribution in [0.1, 0.15) is 42.9 Å². The van der Waals surface area contributed by atoms with E-state index in [1.807, 2.05) is 12.4 Å².